The van der Waals surface area contributed by atoms with E-state index >= 15 is 0 Å². The summed E-state index contributed by atoms with van der Waals surface area (Å²) in [6.07, 6.45) is -0.664. The summed E-state index contributed by atoms with van der Waals surface area (Å²) in [6.45, 7) is 5.49. The number of aliphatic hydroxyl groups excluding tert-OH is 1. The molecule has 0 spiro atoms. The molecule has 0 saturated heterocycles. The maximum absolute atomic E-state index is 9.64. The quantitative estimate of drug-likeness (QED) is 0.668. The van der Waals surface area contributed by atoms with Crippen molar-refractivity contribution in [2.45, 2.75) is 32.9 Å². The third-order valence-electron chi connectivity index (χ3n) is 2.52. The second kappa shape index (κ2) is 3.98. The Labute approximate surface area is 84.2 Å². The van der Waals surface area contributed by atoms with Gasteiger partial charge in [-0.2, -0.15) is 0 Å². The zero-order chi connectivity index (χ0) is 10.9. The lowest BCUT2D eigenvalue weighted by atomic mass is 9.97. The minimum atomic E-state index is -0.664. The topological polar surface area (TPSA) is 66.5 Å². The smallest absolute Gasteiger partial charge is 0.120 e. The highest BCUT2D eigenvalue weighted by Gasteiger charge is 2.16. The Morgan fingerprint density at radius 1 is 1.21 bits per heavy atom. The van der Waals surface area contributed by atoms with Crippen LogP contribution in [0.15, 0.2) is 12.1 Å². The molecule has 0 heterocycles. The van der Waals surface area contributed by atoms with Crippen molar-refractivity contribution in [2.24, 2.45) is 5.73 Å². The van der Waals surface area contributed by atoms with Crippen molar-refractivity contribution in [1.82, 2.24) is 0 Å². The molecule has 3 heteroatoms. The molecule has 78 valence electrons. The monoisotopic (exact) mass is 195 g/mol. The van der Waals surface area contributed by atoms with Crippen LogP contribution in [0.1, 0.15) is 29.7 Å². The maximum atomic E-state index is 9.64. The normalized spacial score (nSPS) is 15.2. The number of benzene rings is 1. The van der Waals surface area contributed by atoms with E-state index in [0.717, 1.165) is 11.1 Å². The summed E-state index contributed by atoms with van der Waals surface area (Å²) < 4.78 is 0. The summed E-state index contributed by atoms with van der Waals surface area (Å²) in [5, 5.41) is 19.0. The lowest BCUT2D eigenvalue weighted by molar-refractivity contribution is 0.163. The average molecular weight is 195 g/mol. The van der Waals surface area contributed by atoms with Crippen LogP contribution in [-0.4, -0.2) is 16.3 Å². The molecule has 14 heavy (non-hydrogen) atoms. The molecule has 0 radical (unpaired) electrons. The molecule has 1 aromatic carbocycles. The Hall–Kier alpha value is -1.06. The Morgan fingerprint density at radius 3 is 2.21 bits per heavy atom. The predicted molar refractivity (Wildman–Crippen MR) is 56.2 cm³/mol. The van der Waals surface area contributed by atoms with Crippen LogP contribution in [0, 0.1) is 13.8 Å². The van der Waals surface area contributed by atoms with Crippen LogP contribution in [0.25, 0.3) is 0 Å². The van der Waals surface area contributed by atoms with E-state index in [2.05, 4.69) is 0 Å². The first kappa shape index (κ1) is 11.0. The highest BCUT2D eigenvalue weighted by Crippen LogP contribution is 2.27. The van der Waals surface area contributed by atoms with E-state index in [9.17, 15) is 10.2 Å². The molecule has 0 aromatic heterocycles. The van der Waals surface area contributed by atoms with E-state index in [1.807, 2.05) is 19.9 Å². The minimum Gasteiger partial charge on any atom is -0.508 e. The summed E-state index contributed by atoms with van der Waals surface area (Å²) in [6, 6.07) is 2.96. The highest BCUT2D eigenvalue weighted by atomic mass is 16.3. The average Bonchev–Trinajstić information content (AvgIpc) is 2.10. The van der Waals surface area contributed by atoms with Gasteiger partial charge in [-0.25, -0.2) is 0 Å². The van der Waals surface area contributed by atoms with Crippen molar-refractivity contribution in [1.29, 1.82) is 0 Å². The van der Waals surface area contributed by atoms with Crippen molar-refractivity contribution >= 4 is 0 Å². The lowest BCUT2D eigenvalue weighted by Gasteiger charge is -2.17. The zero-order valence-corrected chi connectivity index (χ0v) is 8.78. The van der Waals surface area contributed by atoms with Crippen LogP contribution < -0.4 is 5.73 Å². The summed E-state index contributed by atoms with van der Waals surface area (Å²) in [5.74, 6) is 0.154. The molecule has 0 aliphatic rings. The first-order valence-electron chi connectivity index (χ1n) is 4.67. The Kier molecular flexibility index (Phi) is 3.13. The van der Waals surface area contributed by atoms with Gasteiger partial charge in [-0.15, -0.1) is 0 Å². The zero-order valence-electron chi connectivity index (χ0n) is 8.78. The van der Waals surface area contributed by atoms with E-state index in [4.69, 9.17) is 5.73 Å². The minimum absolute atomic E-state index is 0.154. The van der Waals surface area contributed by atoms with Crippen molar-refractivity contribution in [3.63, 3.8) is 0 Å². The highest BCUT2D eigenvalue weighted by molar-refractivity contribution is 5.42. The third kappa shape index (κ3) is 2.05. The Morgan fingerprint density at radius 2 is 1.71 bits per heavy atom. The number of aryl methyl sites for hydroxylation is 2. The molecule has 0 aliphatic carbocycles. The number of phenols is 1. The Balaban J connectivity index is 3.15. The van der Waals surface area contributed by atoms with Crippen molar-refractivity contribution in [3.05, 3.63) is 28.8 Å². The summed E-state index contributed by atoms with van der Waals surface area (Å²) in [5.41, 5.74) is 8.43. The number of phenolic OH excluding ortho intramolecular Hbond substituents is 1. The lowest BCUT2D eigenvalue weighted by Crippen LogP contribution is -2.23. The second-order valence-corrected chi connectivity index (χ2v) is 3.76. The number of rotatable bonds is 2. The van der Waals surface area contributed by atoms with E-state index in [0.29, 0.717) is 5.56 Å². The molecular formula is C11H17NO2. The molecule has 0 saturated carbocycles. The molecule has 0 amide bonds. The van der Waals surface area contributed by atoms with Gasteiger partial charge in [0.25, 0.3) is 0 Å². The molecule has 4 N–H and O–H groups in total. The molecular weight excluding hydrogens is 178 g/mol. The molecule has 2 atom stereocenters. The van der Waals surface area contributed by atoms with Crippen LogP contribution >= 0.6 is 0 Å². The third-order valence-corrected chi connectivity index (χ3v) is 2.52. The van der Waals surface area contributed by atoms with Gasteiger partial charge in [0.05, 0.1) is 12.1 Å². The van der Waals surface area contributed by atoms with Gasteiger partial charge in [0.2, 0.25) is 0 Å². The van der Waals surface area contributed by atoms with Gasteiger partial charge in [0, 0.05) is 5.56 Å². The Bertz CT molecular complexity index is 334. The molecule has 0 unspecified atom stereocenters. The van der Waals surface area contributed by atoms with Gasteiger partial charge in [0.15, 0.2) is 0 Å². The van der Waals surface area contributed by atoms with E-state index < -0.39 is 12.1 Å². The van der Waals surface area contributed by atoms with E-state index in [1.54, 1.807) is 13.0 Å². The van der Waals surface area contributed by atoms with E-state index in [1.165, 1.54) is 0 Å². The molecule has 1 rings (SSSR count). The molecule has 3 nitrogen and oxygen atoms in total. The van der Waals surface area contributed by atoms with Crippen molar-refractivity contribution < 1.29 is 10.2 Å². The number of hydrogen-bond acceptors (Lipinski definition) is 3. The van der Waals surface area contributed by atoms with Gasteiger partial charge >= 0.3 is 0 Å². The SMILES string of the molecule is Cc1cc(O)c([C@H](N)[C@@H](C)O)cc1C. The fourth-order valence-corrected chi connectivity index (χ4v) is 1.35. The molecule has 0 bridgehead atoms. The van der Waals surface area contributed by atoms with Gasteiger partial charge in [-0.3, -0.25) is 0 Å². The van der Waals surface area contributed by atoms with Gasteiger partial charge < -0.3 is 15.9 Å². The van der Waals surface area contributed by atoms with Crippen LogP contribution in [-0.2, 0) is 0 Å². The van der Waals surface area contributed by atoms with Crippen molar-refractivity contribution in [3.8, 4) is 5.75 Å². The van der Waals surface area contributed by atoms with Gasteiger partial charge in [-0.1, -0.05) is 6.07 Å². The number of nitrogens with two attached hydrogens (primary N) is 1. The molecule has 0 aliphatic heterocycles. The molecule has 0 fully saturated rings. The summed E-state index contributed by atoms with van der Waals surface area (Å²) in [7, 11) is 0. The fourth-order valence-electron chi connectivity index (χ4n) is 1.35. The number of aromatic hydroxyl groups is 1. The van der Waals surface area contributed by atoms with Crippen molar-refractivity contribution in [2.75, 3.05) is 0 Å². The van der Waals surface area contributed by atoms with E-state index in [-0.39, 0.29) is 5.75 Å². The number of hydrogen-bond donors (Lipinski definition) is 3. The largest absolute Gasteiger partial charge is 0.508 e. The van der Waals surface area contributed by atoms with Crippen LogP contribution in [0.4, 0.5) is 0 Å². The summed E-state index contributed by atoms with van der Waals surface area (Å²) >= 11 is 0. The summed E-state index contributed by atoms with van der Waals surface area (Å²) in [4.78, 5) is 0. The second-order valence-electron chi connectivity index (χ2n) is 3.76. The first-order valence-corrected chi connectivity index (χ1v) is 4.67. The van der Waals surface area contributed by atoms with Crippen LogP contribution in [0.5, 0.6) is 5.75 Å². The molecule has 1 aromatic rings. The number of aliphatic hydroxyl groups is 1. The van der Waals surface area contributed by atoms with Crippen LogP contribution in [0.2, 0.25) is 0 Å². The maximum Gasteiger partial charge on any atom is 0.120 e. The van der Waals surface area contributed by atoms with Crippen LogP contribution in [0.3, 0.4) is 0 Å². The predicted octanol–water partition coefficient (Wildman–Crippen LogP) is 1.39. The first-order chi connectivity index (χ1) is 6.43. The van der Waals surface area contributed by atoms with Gasteiger partial charge in [0.1, 0.15) is 5.75 Å². The standard InChI is InChI=1S/C11H17NO2/c1-6-4-9(11(12)8(3)13)10(14)5-7(6)2/h4-5,8,11,13-14H,12H2,1-3H3/t8-,11-/m1/s1. The van der Waals surface area contributed by atoms with Gasteiger partial charge in [-0.05, 0) is 38.0 Å². The fraction of sp³-hybridized carbons (Fsp3) is 0.455.